The Morgan fingerprint density at radius 3 is 3.00 bits per heavy atom. The third kappa shape index (κ3) is 3.54. The lowest BCUT2D eigenvalue weighted by Crippen LogP contribution is -2.35. The molecule has 16 heavy (non-hydrogen) atoms. The summed E-state index contributed by atoms with van der Waals surface area (Å²) in [7, 11) is 2.25. The normalized spacial score (nSPS) is 17.4. The Bertz CT molecular complexity index is 280. The smallest absolute Gasteiger partial charge is 0.0795 e. The number of likely N-dealkylation sites (N-methyl/N-ethyl adjacent to an activating group) is 1. The second kappa shape index (κ2) is 6.33. The van der Waals surface area contributed by atoms with Crippen molar-refractivity contribution in [2.24, 2.45) is 0 Å². The topological polar surface area (TPSA) is 28.2 Å². The average molecular weight is 239 g/mol. The van der Waals surface area contributed by atoms with Crippen LogP contribution in [0.2, 0.25) is 0 Å². The van der Waals surface area contributed by atoms with E-state index in [0.717, 1.165) is 31.4 Å². The van der Waals surface area contributed by atoms with Crippen LogP contribution in [0.3, 0.4) is 0 Å². The van der Waals surface area contributed by atoms with Crippen LogP contribution in [0.5, 0.6) is 0 Å². The molecule has 1 saturated carbocycles. The van der Waals surface area contributed by atoms with Gasteiger partial charge < -0.3 is 10.2 Å². The molecular weight excluding hydrogens is 218 g/mol. The maximum Gasteiger partial charge on any atom is 0.0795 e. The molecule has 1 aromatic rings. The number of aromatic nitrogens is 1. The molecule has 1 aliphatic carbocycles. The maximum absolute atomic E-state index is 4.25. The van der Waals surface area contributed by atoms with Crippen molar-refractivity contribution in [1.82, 2.24) is 15.2 Å². The SMILES string of the molecule is CN(CCNCc1cscn1)C1CCCC1. The second-order valence-electron chi connectivity index (χ2n) is 4.58. The molecule has 4 heteroatoms. The van der Waals surface area contributed by atoms with E-state index in [1.54, 1.807) is 11.3 Å². The van der Waals surface area contributed by atoms with E-state index in [-0.39, 0.29) is 0 Å². The Morgan fingerprint density at radius 1 is 1.50 bits per heavy atom. The van der Waals surface area contributed by atoms with Gasteiger partial charge in [-0.1, -0.05) is 12.8 Å². The van der Waals surface area contributed by atoms with Gasteiger partial charge in [-0.25, -0.2) is 4.98 Å². The van der Waals surface area contributed by atoms with Gasteiger partial charge in [0.15, 0.2) is 0 Å². The molecule has 1 fully saturated rings. The molecule has 0 aliphatic heterocycles. The monoisotopic (exact) mass is 239 g/mol. The summed E-state index contributed by atoms with van der Waals surface area (Å²) in [6.07, 6.45) is 5.62. The first-order chi connectivity index (χ1) is 7.86. The van der Waals surface area contributed by atoms with Crippen LogP contribution in [0.1, 0.15) is 31.4 Å². The fourth-order valence-corrected chi connectivity index (χ4v) is 2.88. The Hall–Kier alpha value is -0.450. The summed E-state index contributed by atoms with van der Waals surface area (Å²) >= 11 is 1.66. The van der Waals surface area contributed by atoms with Gasteiger partial charge in [0.1, 0.15) is 0 Å². The largest absolute Gasteiger partial charge is 0.310 e. The minimum atomic E-state index is 0.834. The standard InChI is InChI=1S/C12H21N3S/c1-15(12-4-2-3-5-12)7-6-13-8-11-9-16-10-14-11/h9-10,12-13H,2-8H2,1H3. The van der Waals surface area contributed by atoms with Crippen molar-refractivity contribution in [3.8, 4) is 0 Å². The van der Waals surface area contributed by atoms with Gasteiger partial charge >= 0.3 is 0 Å². The van der Waals surface area contributed by atoms with Crippen molar-refractivity contribution >= 4 is 11.3 Å². The van der Waals surface area contributed by atoms with Gasteiger partial charge in [0, 0.05) is 31.1 Å². The highest BCUT2D eigenvalue weighted by molar-refractivity contribution is 7.07. The fourth-order valence-electron chi connectivity index (χ4n) is 2.32. The Balaban J connectivity index is 1.57. The van der Waals surface area contributed by atoms with Crippen LogP contribution in [0.25, 0.3) is 0 Å². The summed E-state index contributed by atoms with van der Waals surface area (Å²) in [4.78, 5) is 6.75. The van der Waals surface area contributed by atoms with E-state index in [1.807, 2.05) is 5.51 Å². The highest BCUT2D eigenvalue weighted by Crippen LogP contribution is 2.21. The summed E-state index contributed by atoms with van der Waals surface area (Å²) in [5, 5.41) is 5.55. The predicted octanol–water partition coefficient (Wildman–Crippen LogP) is 2.11. The Labute approximate surface area is 102 Å². The van der Waals surface area contributed by atoms with Gasteiger partial charge in [0.05, 0.1) is 11.2 Å². The van der Waals surface area contributed by atoms with Crippen molar-refractivity contribution in [3.05, 3.63) is 16.6 Å². The van der Waals surface area contributed by atoms with Crippen LogP contribution in [0, 0.1) is 0 Å². The number of hydrogen-bond acceptors (Lipinski definition) is 4. The molecule has 1 aliphatic rings. The van der Waals surface area contributed by atoms with Crippen molar-refractivity contribution in [2.75, 3.05) is 20.1 Å². The van der Waals surface area contributed by atoms with E-state index in [2.05, 4.69) is 27.6 Å². The first-order valence-corrected chi connectivity index (χ1v) is 7.08. The second-order valence-corrected chi connectivity index (χ2v) is 5.29. The number of hydrogen-bond donors (Lipinski definition) is 1. The number of rotatable bonds is 6. The van der Waals surface area contributed by atoms with Crippen molar-refractivity contribution in [3.63, 3.8) is 0 Å². The molecule has 0 spiro atoms. The minimum Gasteiger partial charge on any atom is -0.310 e. The quantitative estimate of drug-likeness (QED) is 0.771. The first kappa shape index (κ1) is 12.0. The molecule has 1 heterocycles. The zero-order chi connectivity index (χ0) is 11.2. The third-order valence-corrected chi connectivity index (χ3v) is 4.01. The van der Waals surface area contributed by atoms with Crippen LogP contribution >= 0.6 is 11.3 Å². The van der Waals surface area contributed by atoms with Crippen molar-refractivity contribution < 1.29 is 0 Å². The van der Waals surface area contributed by atoms with Gasteiger partial charge in [0.25, 0.3) is 0 Å². The first-order valence-electron chi connectivity index (χ1n) is 6.14. The van der Waals surface area contributed by atoms with E-state index in [9.17, 15) is 0 Å². The van der Waals surface area contributed by atoms with Gasteiger partial charge in [0.2, 0.25) is 0 Å². The molecule has 2 rings (SSSR count). The molecule has 90 valence electrons. The zero-order valence-electron chi connectivity index (χ0n) is 9.98. The van der Waals surface area contributed by atoms with Gasteiger partial charge in [-0.15, -0.1) is 11.3 Å². The van der Waals surface area contributed by atoms with Crippen LogP contribution in [-0.2, 0) is 6.54 Å². The van der Waals surface area contributed by atoms with Crippen molar-refractivity contribution in [1.29, 1.82) is 0 Å². The van der Waals surface area contributed by atoms with Crippen molar-refractivity contribution in [2.45, 2.75) is 38.3 Å². The Kier molecular flexibility index (Phi) is 4.75. The average Bonchev–Trinajstić information content (AvgIpc) is 2.96. The molecule has 0 aromatic carbocycles. The van der Waals surface area contributed by atoms with E-state index < -0.39 is 0 Å². The number of nitrogens with zero attached hydrogens (tertiary/aromatic N) is 2. The highest BCUT2D eigenvalue weighted by atomic mass is 32.1. The van der Waals surface area contributed by atoms with Crippen LogP contribution < -0.4 is 5.32 Å². The van der Waals surface area contributed by atoms with Crippen LogP contribution in [0.4, 0.5) is 0 Å². The number of nitrogens with one attached hydrogen (secondary N) is 1. The molecule has 1 N–H and O–H groups in total. The summed E-state index contributed by atoms with van der Waals surface area (Å²) in [5.74, 6) is 0. The molecule has 0 unspecified atom stereocenters. The molecule has 0 amide bonds. The van der Waals surface area contributed by atoms with Crippen LogP contribution in [-0.4, -0.2) is 36.1 Å². The number of thiazole rings is 1. The van der Waals surface area contributed by atoms with Gasteiger partial charge in [-0.3, -0.25) is 0 Å². The van der Waals surface area contributed by atoms with E-state index in [0.29, 0.717) is 0 Å². The summed E-state index contributed by atoms with van der Waals surface area (Å²) < 4.78 is 0. The molecule has 0 atom stereocenters. The molecule has 3 nitrogen and oxygen atoms in total. The summed E-state index contributed by atoms with van der Waals surface area (Å²) in [6.45, 7) is 3.11. The highest BCUT2D eigenvalue weighted by Gasteiger charge is 2.18. The molecular formula is C12H21N3S. The minimum absolute atomic E-state index is 0.834. The Morgan fingerprint density at radius 2 is 2.31 bits per heavy atom. The lowest BCUT2D eigenvalue weighted by atomic mass is 10.2. The van der Waals surface area contributed by atoms with Gasteiger partial charge in [-0.2, -0.15) is 0 Å². The van der Waals surface area contributed by atoms with E-state index in [1.165, 1.54) is 25.7 Å². The molecule has 0 saturated heterocycles. The molecule has 0 bridgehead atoms. The molecule has 1 aromatic heterocycles. The maximum atomic E-state index is 4.25. The summed E-state index contributed by atoms with van der Waals surface area (Å²) in [5.41, 5.74) is 3.05. The van der Waals surface area contributed by atoms with Crippen LogP contribution in [0.15, 0.2) is 10.9 Å². The lowest BCUT2D eigenvalue weighted by molar-refractivity contribution is 0.245. The lowest BCUT2D eigenvalue weighted by Gasteiger charge is -2.23. The predicted molar refractivity (Wildman–Crippen MR) is 68.7 cm³/mol. The van der Waals surface area contributed by atoms with Gasteiger partial charge in [-0.05, 0) is 19.9 Å². The fraction of sp³-hybridized carbons (Fsp3) is 0.750. The third-order valence-electron chi connectivity index (χ3n) is 3.38. The zero-order valence-corrected chi connectivity index (χ0v) is 10.8. The van der Waals surface area contributed by atoms with E-state index in [4.69, 9.17) is 0 Å². The summed E-state index contributed by atoms with van der Waals surface area (Å²) in [6, 6.07) is 0.834. The van der Waals surface area contributed by atoms with E-state index >= 15 is 0 Å². The molecule has 0 radical (unpaired) electrons.